The molecular formula is C11H25N3O. The summed E-state index contributed by atoms with van der Waals surface area (Å²) in [6, 6.07) is 0. The maximum atomic E-state index is 8.32. The van der Waals surface area contributed by atoms with Crippen molar-refractivity contribution in [3.63, 3.8) is 0 Å². The molecule has 0 aliphatic rings. The standard InChI is InChI=1S/C11H25N3O/c1-3-10(4-2)9-13-8-6-5-7-11(12)14-15/h10,13,15H,3-9H2,1-2H3,(H2,12,14). The highest BCUT2D eigenvalue weighted by molar-refractivity contribution is 5.79. The van der Waals surface area contributed by atoms with Crippen molar-refractivity contribution in [2.45, 2.75) is 46.0 Å². The summed E-state index contributed by atoms with van der Waals surface area (Å²) in [4.78, 5) is 0. The minimum absolute atomic E-state index is 0.329. The van der Waals surface area contributed by atoms with E-state index in [0.29, 0.717) is 12.3 Å². The monoisotopic (exact) mass is 215 g/mol. The third kappa shape index (κ3) is 8.24. The van der Waals surface area contributed by atoms with Gasteiger partial charge in [0, 0.05) is 6.42 Å². The van der Waals surface area contributed by atoms with Crippen molar-refractivity contribution < 1.29 is 5.21 Å². The van der Waals surface area contributed by atoms with E-state index in [0.717, 1.165) is 31.8 Å². The Morgan fingerprint density at radius 2 is 2.00 bits per heavy atom. The van der Waals surface area contributed by atoms with Crippen molar-refractivity contribution in [2.75, 3.05) is 13.1 Å². The van der Waals surface area contributed by atoms with Gasteiger partial charge in [-0.1, -0.05) is 31.8 Å². The van der Waals surface area contributed by atoms with Crippen molar-refractivity contribution >= 4 is 5.84 Å². The molecule has 0 aromatic carbocycles. The summed E-state index contributed by atoms with van der Waals surface area (Å²) in [6.07, 6.45) is 5.23. The molecule has 0 heterocycles. The van der Waals surface area contributed by atoms with Crippen LogP contribution < -0.4 is 11.1 Å². The molecule has 0 aliphatic carbocycles. The van der Waals surface area contributed by atoms with Crippen LogP contribution in [0.4, 0.5) is 0 Å². The normalized spacial score (nSPS) is 12.3. The van der Waals surface area contributed by atoms with E-state index in [-0.39, 0.29) is 0 Å². The first kappa shape index (κ1) is 14.2. The second kappa shape index (κ2) is 9.77. The average Bonchev–Trinajstić information content (AvgIpc) is 2.28. The van der Waals surface area contributed by atoms with Gasteiger partial charge in [0.25, 0.3) is 0 Å². The average molecular weight is 215 g/mol. The maximum absolute atomic E-state index is 8.32. The number of hydrogen-bond acceptors (Lipinski definition) is 3. The fourth-order valence-electron chi connectivity index (χ4n) is 1.49. The van der Waals surface area contributed by atoms with Gasteiger partial charge in [-0.05, 0) is 31.8 Å². The van der Waals surface area contributed by atoms with Crippen LogP contribution in [0.5, 0.6) is 0 Å². The Labute approximate surface area is 92.9 Å². The van der Waals surface area contributed by atoms with Gasteiger partial charge in [0.2, 0.25) is 0 Å². The summed E-state index contributed by atoms with van der Waals surface area (Å²) in [6.45, 7) is 6.59. The van der Waals surface area contributed by atoms with E-state index in [1.807, 2.05) is 0 Å². The summed E-state index contributed by atoms with van der Waals surface area (Å²) in [5, 5.41) is 14.7. The molecule has 0 rings (SSSR count). The molecule has 0 spiro atoms. The van der Waals surface area contributed by atoms with E-state index >= 15 is 0 Å². The van der Waals surface area contributed by atoms with Gasteiger partial charge in [-0.3, -0.25) is 0 Å². The van der Waals surface area contributed by atoms with E-state index < -0.39 is 0 Å². The maximum Gasteiger partial charge on any atom is 0.139 e. The molecule has 0 saturated heterocycles. The van der Waals surface area contributed by atoms with Crippen molar-refractivity contribution in [3.05, 3.63) is 0 Å². The highest BCUT2D eigenvalue weighted by atomic mass is 16.4. The van der Waals surface area contributed by atoms with Gasteiger partial charge in [-0.15, -0.1) is 0 Å². The van der Waals surface area contributed by atoms with Crippen LogP contribution in [0.2, 0.25) is 0 Å². The number of nitrogens with zero attached hydrogens (tertiary/aromatic N) is 1. The predicted molar refractivity (Wildman–Crippen MR) is 64.2 cm³/mol. The van der Waals surface area contributed by atoms with Crippen molar-refractivity contribution in [1.29, 1.82) is 0 Å². The quantitative estimate of drug-likeness (QED) is 0.181. The number of nitrogens with two attached hydrogens (primary N) is 1. The highest BCUT2D eigenvalue weighted by Gasteiger charge is 2.01. The second-order valence-electron chi connectivity index (χ2n) is 3.94. The van der Waals surface area contributed by atoms with E-state index in [4.69, 9.17) is 10.9 Å². The van der Waals surface area contributed by atoms with Gasteiger partial charge in [-0.25, -0.2) is 0 Å². The van der Waals surface area contributed by atoms with Crippen molar-refractivity contribution in [2.24, 2.45) is 16.8 Å². The molecule has 0 unspecified atom stereocenters. The molecular weight excluding hydrogens is 190 g/mol. The van der Waals surface area contributed by atoms with Crippen LogP contribution in [0.15, 0.2) is 5.16 Å². The van der Waals surface area contributed by atoms with Gasteiger partial charge >= 0.3 is 0 Å². The second-order valence-corrected chi connectivity index (χ2v) is 3.94. The Morgan fingerprint density at radius 1 is 1.33 bits per heavy atom. The topological polar surface area (TPSA) is 70.6 Å². The van der Waals surface area contributed by atoms with Crippen molar-refractivity contribution in [3.8, 4) is 0 Å². The molecule has 0 aromatic rings. The third-order valence-corrected chi connectivity index (χ3v) is 2.75. The summed E-state index contributed by atoms with van der Waals surface area (Å²) in [7, 11) is 0. The van der Waals surface area contributed by atoms with Crippen LogP contribution in [0.1, 0.15) is 46.0 Å². The molecule has 0 radical (unpaired) electrons. The van der Waals surface area contributed by atoms with Crippen molar-refractivity contribution in [1.82, 2.24) is 5.32 Å². The molecule has 90 valence electrons. The molecule has 0 amide bonds. The Morgan fingerprint density at radius 3 is 2.53 bits per heavy atom. The molecule has 0 atom stereocenters. The van der Waals surface area contributed by atoms with Crippen LogP contribution in [0, 0.1) is 5.92 Å². The molecule has 4 nitrogen and oxygen atoms in total. The number of amidine groups is 1. The minimum Gasteiger partial charge on any atom is -0.409 e. The zero-order valence-electron chi connectivity index (χ0n) is 10.00. The predicted octanol–water partition coefficient (Wildman–Crippen LogP) is 1.93. The Hall–Kier alpha value is -0.770. The van der Waals surface area contributed by atoms with Gasteiger partial charge in [-0.2, -0.15) is 0 Å². The molecule has 0 saturated carbocycles. The Kier molecular flexibility index (Phi) is 9.27. The van der Waals surface area contributed by atoms with Crippen LogP contribution >= 0.6 is 0 Å². The molecule has 0 aliphatic heterocycles. The first-order valence-corrected chi connectivity index (χ1v) is 5.91. The lowest BCUT2D eigenvalue weighted by atomic mass is 10.0. The van der Waals surface area contributed by atoms with Crippen LogP contribution in [-0.2, 0) is 0 Å². The summed E-state index contributed by atoms with van der Waals surface area (Å²) in [5.41, 5.74) is 5.36. The van der Waals surface area contributed by atoms with E-state index in [1.165, 1.54) is 12.8 Å². The minimum atomic E-state index is 0.329. The van der Waals surface area contributed by atoms with Gasteiger partial charge in [0.1, 0.15) is 5.84 Å². The molecule has 4 N–H and O–H groups in total. The first-order chi connectivity index (χ1) is 7.24. The number of oxime groups is 1. The third-order valence-electron chi connectivity index (χ3n) is 2.75. The summed E-state index contributed by atoms with van der Waals surface area (Å²) >= 11 is 0. The van der Waals surface area contributed by atoms with Crippen LogP contribution in [-0.4, -0.2) is 24.1 Å². The lowest BCUT2D eigenvalue weighted by Crippen LogP contribution is -2.23. The Bertz CT molecular complexity index is 167. The Balaban J connectivity index is 3.24. The molecule has 0 aromatic heterocycles. The number of unbranched alkanes of at least 4 members (excludes halogenated alkanes) is 1. The highest BCUT2D eigenvalue weighted by Crippen LogP contribution is 2.05. The number of rotatable bonds is 9. The van der Waals surface area contributed by atoms with Crippen LogP contribution in [0.25, 0.3) is 0 Å². The summed E-state index contributed by atoms with van der Waals surface area (Å²) in [5.74, 6) is 1.13. The summed E-state index contributed by atoms with van der Waals surface area (Å²) < 4.78 is 0. The number of hydrogen-bond donors (Lipinski definition) is 3. The first-order valence-electron chi connectivity index (χ1n) is 5.91. The van der Waals surface area contributed by atoms with Gasteiger partial charge in [0.15, 0.2) is 0 Å². The largest absolute Gasteiger partial charge is 0.409 e. The fraction of sp³-hybridized carbons (Fsp3) is 0.909. The van der Waals surface area contributed by atoms with E-state index in [2.05, 4.69) is 24.3 Å². The van der Waals surface area contributed by atoms with Gasteiger partial charge in [0.05, 0.1) is 0 Å². The molecule has 0 bridgehead atoms. The van der Waals surface area contributed by atoms with E-state index in [1.54, 1.807) is 0 Å². The number of nitrogens with one attached hydrogen (secondary N) is 1. The lowest BCUT2D eigenvalue weighted by molar-refractivity contribution is 0.316. The zero-order chi connectivity index (χ0) is 11.5. The smallest absolute Gasteiger partial charge is 0.139 e. The zero-order valence-corrected chi connectivity index (χ0v) is 10.00. The molecule has 0 fully saturated rings. The molecule has 4 heteroatoms. The molecule has 15 heavy (non-hydrogen) atoms. The SMILES string of the molecule is CCC(CC)CNCCCCC(N)=NO. The lowest BCUT2D eigenvalue weighted by Gasteiger charge is -2.12. The van der Waals surface area contributed by atoms with Crippen LogP contribution in [0.3, 0.4) is 0 Å². The van der Waals surface area contributed by atoms with E-state index in [9.17, 15) is 0 Å². The van der Waals surface area contributed by atoms with Gasteiger partial charge < -0.3 is 16.3 Å². The fourth-order valence-corrected chi connectivity index (χ4v) is 1.49.